The molecule has 4 rings (SSSR count). The first kappa shape index (κ1) is 32.7. The first-order chi connectivity index (χ1) is 20.7. The molecule has 0 bridgehead atoms. The third kappa shape index (κ3) is 8.48. The summed E-state index contributed by atoms with van der Waals surface area (Å²) < 4.78 is 12.5. The summed E-state index contributed by atoms with van der Waals surface area (Å²) in [5.41, 5.74) is 2.54. The van der Waals surface area contributed by atoms with Crippen molar-refractivity contribution in [3.05, 3.63) is 104 Å². The van der Waals surface area contributed by atoms with Crippen LogP contribution in [0.5, 0.6) is 11.5 Å². The van der Waals surface area contributed by atoms with Crippen molar-refractivity contribution in [1.29, 1.82) is 0 Å². The molecule has 4 N–H and O–H groups in total. The zero-order valence-electron chi connectivity index (χ0n) is 23.6. The molecule has 11 heteroatoms. The summed E-state index contributed by atoms with van der Waals surface area (Å²) in [6.45, 7) is -0.228. The smallest absolute Gasteiger partial charge is 0.247 e. The third-order valence-corrected chi connectivity index (χ3v) is 8.18. The molecule has 43 heavy (non-hydrogen) atoms. The van der Waals surface area contributed by atoms with Crippen LogP contribution in [0.4, 0.5) is 0 Å². The van der Waals surface area contributed by atoms with Gasteiger partial charge in [0.05, 0.1) is 36.4 Å². The van der Waals surface area contributed by atoms with E-state index in [9.17, 15) is 24.9 Å². The van der Waals surface area contributed by atoms with Crippen molar-refractivity contribution in [3.8, 4) is 11.5 Å². The number of benzene rings is 3. The lowest BCUT2D eigenvalue weighted by atomic mass is 9.87. The Morgan fingerprint density at radius 2 is 1.77 bits per heavy atom. The number of aliphatic hydroxyl groups is 3. The van der Waals surface area contributed by atoms with E-state index in [2.05, 4.69) is 27.9 Å². The molecule has 3 atom stereocenters. The van der Waals surface area contributed by atoms with Crippen LogP contribution in [-0.4, -0.2) is 70.5 Å². The van der Waals surface area contributed by atoms with Crippen molar-refractivity contribution in [1.82, 2.24) is 10.2 Å². The maximum absolute atomic E-state index is 13.9. The van der Waals surface area contributed by atoms with Crippen LogP contribution in [0.1, 0.15) is 23.1 Å². The van der Waals surface area contributed by atoms with Crippen molar-refractivity contribution in [2.45, 2.75) is 44.2 Å². The monoisotopic (exact) mass is 720 g/mol. The molecule has 0 fully saturated rings. The molecule has 1 aliphatic rings. The zero-order chi connectivity index (χ0) is 30.9. The number of rotatable bonds is 12. The van der Waals surface area contributed by atoms with Crippen LogP contribution in [0.25, 0.3) is 0 Å². The molecular formula is C32H34ClIN2O7. The summed E-state index contributed by atoms with van der Waals surface area (Å²) in [5.74, 6) is 0.0126. The largest absolute Gasteiger partial charge is 0.493 e. The Hall–Kier alpha value is -3.16. The number of aliphatic hydroxyl groups excluding tert-OH is 3. The second-order valence-electron chi connectivity index (χ2n) is 10.1. The van der Waals surface area contributed by atoms with Crippen LogP contribution in [0.2, 0.25) is 5.02 Å². The molecule has 228 valence electrons. The maximum Gasteiger partial charge on any atom is 0.247 e. The second-order valence-corrected chi connectivity index (χ2v) is 11.7. The summed E-state index contributed by atoms with van der Waals surface area (Å²) in [4.78, 5) is 28.7. The number of ether oxygens (including phenoxy) is 2. The van der Waals surface area contributed by atoms with E-state index in [1.165, 1.54) is 7.11 Å². The van der Waals surface area contributed by atoms with Crippen LogP contribution in [0, 0.1) is 3.57 Å². The molecular weight excluding hydrogens is 687 g/mol. The number of amides is 2. The van der Waals surface area contributed by atoms with Crippen molar-refractivity contribution in [2.75, 3.05) is 20.3 Å². The highest BCUT2D eigenvalue weighted by atomic mass is 127. The molecule has 9 nitrogen and oxygen atoms in total. The van der Waals surface area contributed by atoms with Gasteiger partial charge in [-0.05, 0) is 69.6 Å². The maximum atomic E-state index is 13.9. The minimum Gasteiger partial charge on any atom is -0.493 e. The Morgan fingerprint density at radius 1 is 1.05 bits per heavy atom. The highest BCUT2D eigenvalue weighted by Gasteiger charge is 2.41. The fraction of sp³-hybridized carbons (Fsp3) is 0.312. The fourth-order valence-electron chi connectivity index (χ4n) is 4.94. The number of hydrogen-bond acceptors (Lipinski definition) is 7. The van der Waals surface area contributed by atoms with Crippen LogP contribution in [-0.2, 0) is 29.2 Å². The van der Waals surface area contributed by atoms with Crippen molar-refractivity contribution >= 4 is 46.0 Å². The molecule has 0 saturated heterocycles. The predicted octanol–water partition coefficient (Wildman–Crippen LogP) is 3.63. The molecule has 0 saturated carbocycles. The number of nitrogens with zero attached hydrogens (tertiary/aromatic N) is 1. The lowest BCUT2D eigenvalue weighted by Crippen LogP contribution is -2.55. The van der Waals surface area contributed by atoms with Gasteiger partial charge in [0.2, 0.25) is 11.8 Å². The van der Waals surface area contributed by atoms with Gasteiger partial charge in [-0.2, -0.15) is 0 Å². The number of hydrogen-bond donors (Lipinski definition) is 4. The predicted molar refractivity (Wildman–Crippen MR) is 171 cm³/mol. The van der Waals surface area contributed by atoms with E-state index in [0.29, 0.717) is 31.2 Å². The average molecular weight is 721 g/mol. The first-order valence-electron chi connectivity index (χ1n) is 13.7. The molecule has 0 radical (unpaired) electrons. The van der Waals surface area contributed by atoms with Crippen LogP contribution < -0.4 is 14.8 Å². The number of methoxy groups -OCH3 is 1. The van der Waals surface area contributed by atoms with Gasteiger partial charge in [0, 0.05) is 30.1 Å². The van der Waals surface area contributed by atoms with E-state index >= 15 is 0 Å². The number of carbonyl (C=O) groups excluding carboxylic acids is 2. The van der Waals surface area contributed by atoms with Crippen LogP contribution >= 0.6 is 34.2 Å². The molecule has 3 aromatic rings. The van der Waals surface area contributed by atoms with E-state index < -0.39 is 24.2 Å². The Kier molecular flexibility index (Phi) is 11.8. The Morgan fingerprint density at radius 3 is 2.42 bits per heavy atom. The molecule has 0 aliphatic heterocycles. The molecule has 2 amide bonds. The molecule has 3 aromatic carbocycles. The summed E-state index contributed by atoms with van der Waals surface area (Å²) in [5, 5.41) is 33.9. The van der Waals surface area contributed by atoms with Gasteiger partial charge in [-0.15, -0.1) is 0 Å². The van der Waals surface area contributed by atoms with Crippen LogP contribution in [0.15, 0.2) is 78.4 Å². The van der Waals surface area contributed by atoms with E-state index in [1.54, 1.807) is 35.2 Å². The zero-order valence-corrected chi connectivity index (χ0v) is 26.5. The summed E-state index contributed by atoms with van der Waals surface area (Å²) >= 11 is 8.16. The molecule has 0 unspecified atom stereocenters. The molecule has 0 heterocycles. The number of carbonyl (C=O) groups is 2. The summed E-state index contributed by atoms with van der Waals surface area (Å²) in [6, 6.07) is 18.9. The van der Waals surface area contributed by atoms with Crippen molar-refractivity contribution in [3.63, 3.8) is 0 Å². The summed E-state index contributed by atoms with van der Waals surface area (Å²) in [6.07, 6.45) is -0.559. The summed E-state index contributed by atoms with van der Waals surface area (Å²) in [7, 11) is 1.47. The van der Waals surface area contributed by atoms with Gasteiger partial charge in [-0.1, -0.05) is 54.1 Å². The first-order valence-corrected chi connectivity index (χ1v) is 15.2. The highest BCUT2D eigenvalue weighted by Crippen LogP contribution is 2.37. The van der Waals surface area contributed by atoms with Gasteiger partial charge >= 0.3 is 0 Å². The Balaban J connectivity index is 1.73. The van der Waals surface area contributed by atoms with Gasteiger partial charge in [-0.25, -0.2) is 0 Å². The topological polar surface area (TPSA) is 129 Å². The molecule has 1 aliphatic carbocycles. The Bertz CT molecular complexity index is 1440. The number of nitrogens with one attached hydrogen (secondary N) is 1. The lowest BCUT2D eigenvalue weighted by molar-refractivity contribution is -0.138. The van der Waals surface area contributed by atoms with Gasteiger partial charge in [0.15, 0.2) is 11.5 Å². The van der Waals surface area contributed by atoms with E-state index in [4.69, 9.17) is 21.1 Å². The Labute approximate surface area is 269 Å². The van der Waals surface area contributed by atoms with Crippen molar-refractivity contribution in [2.24, 2.45) is 0 Å². The minimum absolute atomic E-state index is 0.0463. The van der Waals surface area contributed by atoms with Gasteiger partial charge in [0.1, 0.15) is 12.2 Å². The molecule has 0 spiro atoms. The van der Waals surface area contributed by atoms with Gasteiger partial charge in [0.25, 0.3) is 0 Å². The quantitative estimate of drug-likeness (QED) is 0.211. The van der Waals surface area contributed by atoms with E-state index in [-0.39, 0.29) is 45.1 Å². The van der Waals surface area contributed by atoms with Crippen LogP contribution in [0.3, 0.4) is 0 Å². The standard InChI is InChI=1S/C32H34ClIN2O7/c1-42-28-14-22(19-38)13-25(34)31(28)43-27-17-23(32(41)35-11-12-37)16-26(30(27)40)36(18-21-7-9-24(33)10-8-21)29(39)15-20-5-3-2-4-6-20/h2-10,13-14,17,26-27,30,37-38,40H,11-12,15-16,18-19H2,1H3,(H,35,41)/t26-,27+,30+/m1/s1. The number of halogens is 2. The minimum atomic E-state index is -1.22. The lowest BCUT2D eigenvalue weighted by Gasteiger charge is -2.41. The second kappa shape index (κ2) is 15.5. The van der Waals surface area contributed by atoms with Crippen molar-refractivity contribution < 1.29 is 34.4 Å². The van der Waals surface area contributed by atoms with E-state index in [1.807, 2.05) is 42.5 Å². The normalized spacial score (nSPS) is 18.0. The highest BCUT2D eigenvalue weighted by molar-refractivity contribution is 14.1. The van der Waals surface area contributed by atoms with Gasteiger partial charge in [-0.3, -0.25) is 9.59 Å². The molecule has 0 aromatic heterocycles. The van der Waals surface area contributed by atoms with Gasteiger partial charge < -0.3 is 35.0 Å². The third-order valence-electron chi connectivity index (χ3n) is 7.13. The fourth-order valence-corrected chi connectivity index (χ4v) is 5.86. The van der Waals surface area contributed by atoms with E-state index in [0.717, 1.165) is 11.1 Å². The average Bonchev–Trinajstić information content (AvgIpc) is 3.01. The SMILES string of the molecule is COc1cc(CO)cc(I)c1O[C@H]1C=C(C(=O)NCCO)C[C@@H](N(Cc2ccc(Cl)cc2)C(=O)Cc2ccccc2)[C@@H]1O.